The standard InChI is InChI=1S/C15H20N2O4/c1-15(20-8-3-9-21-15)10-14(18)17-16-11-12-4-6-13(19-2)7-5-12/h4-7,11H,3,8-10H2,1-2H3,(H,17,18)/b16-11-. The minimum Gasteiger partial charge on any atom is -0.497 e. The Morgan fingerprint density at radius 3 is 2.67 bits per heavy atom. The molecule has 2 rings (SSSR count). The molecule has 6 heteroatoms. The van der Waals surface area contributed by atoms with E-state index in [9.17, 15) is 4.79 Å². The highest BCUT2D eigenvalue weighted by atomic mass is 16.7. The number of methoxy groups -OCH3 is 1. The van der Waals surface area contributed by atoms with E-state index in [4.69, 9.17) is 14.2 Å². The van der Waals surface area contributed by atoms with Gasteiger partial charge in [-0.25, -0.2) is 5.43 Å². The normalized spacial score (nSPS) is 17.6. The van der Waals surface area contributed by atoms with E-state index >= 15 is 0 Å². The summed E-state index contributed by atoms with van der Waals surface area (Å²) < 4.78 is 16.0. The molecular formula is C15H20N2O4. The average molecular weight is 292 g/mol. The number of ether oxygens (including phenoxy) is 3. The molecule has 6 nitrogen and oxygen atoms in total. The molecule has 1 heterocycles. The van der Waals surface area contributed by atoms with Crippen molar-refractivity contribution in [1.82, 2.24) is 5.43 Å². The molecule has 21 heavy (non-hydrogen) atoms. The van der Waals surface area contributed by atoms with Crippen LogP contribution in [0.2, 0.25) is 0 Å². The number of amides is 1. The second-order valence-corrected chi connectivity index (χ2v) is 4.93. The average Bonchev–Trinajstić information content (AvgIpc) is 2.48. The topological polar surface area (TPSA) is 69.2 Å². The van der Waals surface area contributed by atoms with Gasteiger partial charge in [-0.2, -0.15) is 5.10 Å². The number of carbonyl (C=O) groups is 1. The third kappa shape index (κ3) is 4.84. The molecule has 0 spiro atoms. The van der Waals surface area contributed by atoms with Crippen LogP contribution in [0.4, 0.5) is 0 Å². The summed E-state index contributed by atoms with van der Waals surface area (Å²) in [5, 5.41) is 3.92. The Morgan fingerprint density at radius 1 is 1.38 bits per heavy atom. The van der Waals surface area contributed by atoms with Gasteiger partial charge in [0.15, 0.2) is 5.79 Å². The van der Waals surface area contributed by atoms with Crippen molar-refractivity contribution in [2.75, 3.05) is 20.3 Å². The molecule has 0 saturated carbocycles. The first-order valence-corrected chi connectivity index (χ1v) is 6.85. The molecule has 0 radical (unpaired) electrons. The Morgan fingerprint density at radius 2 is 2.05 bits per heavy atom. The molecule has 1 saturated heterocycles. The highest BCUT2D eigenvalue weighted by Crippen LogP contribution is 2.21. The first-order chi connectivity index (χ1) is 10.1. The maximum atomic E-state index is 11.8. The van der Waals surface area contributed by atoms with Gasteiger partial charge in [0.25, 0.3) is 0 Å². The molecule has 1 aliphatic rings. The van der Waals surface area contributed by atoms with Gasteiger partial charge in [-0.15, -0.1) is 0 Å². The molecular weight excluding hydrogens is 272 g/mol. The lowest BCUT2D eigenvalue weighted by atomic mass is 10.2. The highest BCUT2D eigenvalue weighted by molar-refractivity contribution is 5.82. The Hall–Kier alpha value is -1.92. The van der Waals surface area contributed by atoms with Gasteiger partial charge in [0, 0.05) is 0 Å². The zero-order valence-electron chi connectivity index (χ0n) is 12.3. The van der Waals surface area contributed by atoms with E-state index in [-0.39, 0.29) is 12.3 Å². The molecule has 0 atom stereocenters. The van der Waals surface area contributed by atoms with Crippen LogP contribution in [-0.4, -0.2) is 38.2 Å². The van der Waals surface area contributed by atoms with Crippen molar-refractivity contribution in [1.29, 1.82) is 0 Å². The second-order valence-electron chi connectivity index (χ2n) is 4.93. The number of hydrogen-bond donors (Lipinski definition) is 1. The third-order valence-electron chi connectivity index (χ3n) is 3.10. The van der Waals surface area contributed by atoms with Crippen LogP contribution in [-0.2, 0) is 14.3 Å². The van der Waals surface area contributed by atoms with Crippen molar-refractivity contribution in [3.05, 3.63) is 29.8 Å². The van der Waals surface area contributed by atoms with E-state index in [1.165, 1.54) is 0 Å². The van der Waals surface area contributed by atoms with Gasteiger partial charge in [0.2, 0.25) is 5.91 Å². The van der Waals surface area contributed by atoms with Crippen LogP contribution >= 0.6 is 0 Å². The molecule has 0 bridgehead atoms. The van der Waals surface area contributed by atoms with E-state index in [1.807, 2.05) is 24.3 Å². The Labute approximate surface area is 124 Å². The van der Waals surface area contributed by atoms with Crippen LogP contribution in [0.15, 0.2) is 29.4 Å². The molecule has 1 aliphatic heterocycles. The van der Waals surface area contributed by atoms with Crippen LogP contribution in [0.25, 0.3) is 0 Å². The van der Waals surface area contributed by atoms with Crippen LogP contribution < -0.4 is 10.2 Å². The Balaban J connectivity index is 1.81. The van der Waals surface area contributed by atoms with Gasteiger partial charge < -0.3 is 14.2 Å². The van der Waals surface area contributed by atoms with Gasteiger partial charge in [-0.1, -0.05) is 0 Å². The molecule has 1 amide bonds. The van der Waals surface area contributed by atoms with Gasteiger partial charge in [-0.05, 0) is 43.2 Å². The van der Waals surface area contributed by atoms with E-state index < -0.39 is 5.79 Å². The maximum Gasteiger partial charge on any atom is 0.245 e. The fourth-order valence-electron chi connectivity index (χ4n) is 1.98. The van der Waals surface area contributed by atoms with Crippen molar-refractivity contribution >= 4 is 12.1 Å². The highest BCUT2D eigenvalue weighted by Gasteiger charge is 2.31. The summed E-state index contributed by atoms with van der Waals surface area (Å²) in [4.78, 5) is 11.8. The second kappa shape index (κ2) is 7.19. The fraction of sp³-hybridized carbons (Fsp3) is 0.467. The first kappa shape index (κ1) is 15.5. The lowest BCUT2D eigenvalue weighted by Crippen LogP contribution is -2.41. The van der Waals surface area contributed by atoms with Crippen LogP contribution in [0.1, 0.15) is 25.3 Å². The minimum absolute atomic E-state index is 0.118. The van der Waals surface area contributed by atoms with Gasteiger partial charge in [0.1, 0.15) is 5.75 Å². The molecule has 0 unspecified atom stereocenters. The zero-order chi connectivity index (χ0) is 15.1. The molecule has 0 aliphatic carbocycles. The molecule has 0 aromatic heterocycles. The number of hydrazone groups is 1. The van der Waals surface area contributed by atoms with Crippen molar-refractivity contribution in [2.45, 2.75) is 25.6 Å². The maximum absolute atomic E-state index is 11.8. The van der Waals surface area contributed by atoms with Gasteiger partial charge in [0.05, 0.1) is 33.0 Å². The number of nitrogens with zero attached hydrogens (tertiary/aromatic N) is 1. The summed E-state index contributed by atoms with van der Waals surface area (Å²) in [6.07, 6.45) is 2.54. The van der Waals surface area contributed by atoms with Gasteiger partial charge >= 0.3 is 0 Å². The van der Waals surface area contributed by atoms with E-state index in [1.54, 1.807) is 20.2 Å². The summed E-state index contributed by atoms with van der Waals surface area (Å²) in [6, 6.07) is 7.36. The smallest absolute Gasteiger partial charge is 0.245 e. The summed E-state index contributed by atoms with van der Waals surface area (Å²) in [6.45, 7) is 2.98. The summed E-state index contributed by atoms with van der Waals surface area (Å²) in [5.41, 5.74) is 3.34. The van der Waals surface area contributed by atoms with Crippen molar-refractivity contribution in [3.8, 4) is 5.75 Å². The Bertz CT molecular complexity index is 493. The van der Waals surface area contributed by atoms with Gasteiger partial charge in [-0.3, -0.25) is 4.79 Å². The quantitative estimate of drug-likeness (QED) is 0.662. The largest absolute Gasteiger partial charge is 0.497 e. The fourth-order valence-corrected chi connectivity index (χ4v) is 1.98. The van der Waals surface area contributed by atoms with Crippen LogP contribution in [0.3, 0.4) is 0 Å². The number of benzene rings is 1. The van der Waals surface area contributed by atoms with Crippen LogP contribution in [0, 0.1) is 0 Å². The number of hydrogen-bond acceptors (Lipinski definition) is 5. The number of carbonyl (C=O) groups excluding carboxylic acids is 1. The van der Waals surface area contributed by atoms with Crippen molar-refractivity contribution in [2.24, 2.45) is 5.10 Å². The lowest BCUT2D eigenvalue weighted by Gasteiger charge is -2.33. The molecule has 1 aromatic rings. The zero-order valence-corrected chi connectivity index (χ0v) is 12.3. The predicted octanol–water partition coefficient (Wildman–Crippen LogP) is 1.69. The Kier molecular flexibility index (Phi) is 5.30. The SMILES string of the molecule is COc1ccc(/C=N\NC(=O)CC2(C)OCCCO2)cc1. The van der Waals surface area contributed by atoms with E-state index in [2.05, 4.69) is 10.5 Å². The lowest BCUT2D eigenvalue weighted by molar-refractivity contribution is -0.256. The van der Waals surface area contributed by atoms with Crippen LogP contribution in [0.5, 0.6) is 5.75 Å². The number of rotatable bonds is 5. The first-order valence-electron chi connectivity index (χ1n) is 6.85. The summed E-state index contributed by atoms with van der Waals surface area (Å²) in [7, 11) is 1.61. The predicted molar refractivity (Wildman–Crippen MR) is 78.3 cm³/mol. The number of nitrogens with one attached hydrogen (secondary N) is 1. The molecule has 1 fully saturated rings. The summed E-state index contributed by atoms with van der Waals surface area (Å²) in [5.74, 6) is -0.322. The third-order valence-corrected chi connectivity index (χ3v) is 3.10. The van der Waals surface area contributed by atoms with Crippen molar-refractivity contribution < 1.29 is 19.0 Å². The molecule has 1 aromatic carbocycles. The van der Waals surface area contributed by atoms with E-state index in [0.29, 0.717) is 13.2 Å². The summed E-state index contributed by atoms with van der Waals surface area (Å²) >= 11 is 0. The minimum atomic E-state index is -0.849. The van der Waals surface area contributed by atoms with Crippen molar-refractivity contribution in [3.63, 3.8) is 0 Å². The molecule has 114 valence electrons. The van der Waals surface area contributed by atoms with E-state index in [0.717, 1.165) is 17.7 Å². The monoisotopic (exact) mass is 292 g/mol. The molecule has 1 N–H and O–H groups in total.